The highest BCUT2D eigenvalue weighted by Gasteiger charge is 2.61. The number of β-lactam (4-membered cyclic amide) rings is 1. The highest BCUT2D eigenvalue weighted by molar-refractivity contribution is 8.00. The van der Waals surface area contributed by atoms with Gasteiger partial charge in [-0.3, -0.25) is 23.8 Å². The van der Waals surface area contributed by atoms with Crippen molar-refractivity contribution in [1.29, 1.82) is 0 Å². The van der Waals surface area contributed by atoms with Crippen molar-refractivity contribution in [2.75, 3.05) is 38.9 Å². The number of fused-ring (bicyclic) bond motifs is 1. The fourth-order valence-corrected chi connectivity index (χ4v) is 7.02. The minimum absolute atomic E-state index is 0.00739. The summed E-state index contributed by atoms with van der Waals surface area (Å²) in [6.07, 6.45) is 0.0799. The van der Waals surface area contributed by atoms with Crippen molar-refractivity contribution in [2.45, 2.75) is 24.4 Å². The van der Waals surface area contributed by atoms with E-state index < -0.39 is 30.5 Å². The predicted octanol–water partition coefficient (Wildman–Crippen LogP) is 1.51. The molecule has 0 spiro atoms. The van der Waals surface area contributed by atoms with E-state index in [1.54, 1.807) is 24.3 Å². The number of thioether (sulfide) groups is 1. The summed E-state index contributed by atoms with van der Waals surface area (Å²) in [4.78, 5) is 38.2. The van der Waals surface area contributed by atoms with Gasteiger partial charge < -0.3 is 24.8 Å². The van der Waals surface area contributed by atoms with E-state index in [4.69, 9.17) is 19.5 Å². The van der Waals surface area contributed by atoms with Crippen LogP contribution in [-0.4, -0.2) is 66.8 Å². The number of rotatable bonds is 9. The van der Waals surface area contributed by atoms with Crippen molar-refractivity contribution in [1.82, 2.24) is 10.2 Å². The first-order chi connectivity index (χ1) is 15.2. The number of amides is 2. The average molecular weight is 483 g/mol. The van der Waals surface area contributed by atoms with Gasteiger partial charge in [0.25, 0.3) is 0 Å². The van der Waals surface area contributed by atoms with Crippen molar-refractivity contribution >= 4 is 42.8 Å². The number of carbonyl (C=O) groups excluding carboxylic acids is 3. The number of nitrogen functional groups attached to an aromatic ring is 1. The van der Waals surface area contributed by atoms with Crippen LogP contribution in [0.1, 0.15) is 12.5 Å². The lowest BCUT2D eigenvalue weighted by atomic mass is 10.1. The molecule has 0 aromatic heterocycles. The molecule has 0 unspecified atom stereocenters. The highest BCUT2D eigenvalue weighted by atomic mass is 32.2. The molecular formula is C20H26N3O7PS. The molecule has 2 aliphatic heterocycles. The summed E-state index contributed by atoms with van der Waals surface area (Å²) in [7, 11) is -1.13. The number of hydrogen-bond donors (Lipinski definition) is 2. The zero-order valence-electron chi connectivity index (χ0n) is 18.0. The van der Waals surface area contributed by atoms with Crippen LogP contribution in [0.2, 0.25) is 0 Å². The lowest BCUT2D eigenvalue weighted by molar-refractivity contribution is -0.140. The molecular weight excluding hydrogens is 457 g/mol. The normalized spacial score (nSPS) is 20.5. The number of benzene rings is 1. The van der Waals surface area contributed by atoms with Crippen molar-refractivity contribution in [3.63, 3.8) is 0 Å². The zero-order valence-corrected chi connectivity index (χ0v) is 19.7. The van der Waals surface area contributed by atoms with Gasteiger partial charge in [0, 0.05) is 38.3 Å². The SMILES string of the molecule is COP(=O)(OC)[C@@H]1C(=O)N2C(CNC(=O)Cc3ccccc3N)=C(COC(C)=O)CS[C@H]12. The van der Waals surface area contributed by atoms with E-state index in [2.05, 4.69) is 5.32 Å². The first-order valence-corrected chi connectivity index (χ1v) is 12.5. The van der Waals surface area contributed by atoms with Gasteiger partial charge in [0.1, 0.15) is 12.0 Å². The van der Waals surface area contributed by atoms with Crippen molar-refractivity contribution < 1.29 is 32.7 Å². The minimum atomic E-state index is -3.62. The third-order valence-electron chi connectivity index (χ3n) is 5.30. The maximum absolute atomic E-state index is 12.9. The van der Waals surface area contributed by atoms with Crippen LogP contribution in [0.25, 0.3) is 0 Å². The number of esters is 1. The molecule has 0 saturated carbocycles. The number of nitrogens with one attached hydrogen (secondary N) is 1. The maximum Gasteiger partial charge on any atom is 0.345 e. The van der Waals surface area contributed by atoms with Gasteiger partial charge in [-0.15, -0.1) is 11.8 Å². The lowest BCUT2D eigenvalue weighted by Gasteiger charge is -2.51. The minimum Gasteiger partial charge on any atom is -0.461 e. The summed E-state index contributed by atoms with van der Waals surface area (Å²) in [5.74, 6) is -0.724. The molecule has 1 aromatic rings. The second-order valence-corrected chi connectivity index (χ2v) is 10.7. The lowest BCUT2D eigenvalue weighted by Crippen LogP contribution is -2.65. The third kappa shape index (κ3) is 4.85. The number of hydrogen-bond acceptors (Lipinski definition) is 9. The summed E-state index contributed by atoms with van der Waals surface area (Å²) in [6, 6.07) is 7.07. The molecule has 2 amide bonds. The summed E-state index contributed by atoms with van der Waals surface area (Å²) < 4.78 is 28.0. The van der Waals surface area contributed by atoms with Crippen LogP contribution in [0.3, 0.4) is 0 Å². The van der Waals surface area contributed by atoms with Gasteiger partial charge in [0.2, 0.25) is 11.8 Å². The molecule has 1 fully saturated rings. The molecule has 174 valence electrons. The van der Waals surface area contributed by atoms with Crippen molar-refractivity contribution in [3.8, 4) is 0 Å². The predicted molar refractivity (Wildman–Crippen MR) is 120 cm³/mol. The van der Waals surface area contributed by atoms with E-state index in [-0.39, 0.29) is 25.5 Å². The number of ether oxygens (including phenoxy) is 1. The van der Waals surface area contributed by atoms with E-state index >= 15 is 0 Å². The van der Waals surface area contributed by atoms with Crippen molar-refractivity contribution in [2.24, 2.45) is 0 Å². The molecule has 0 aliphatic carbocycles. The first kappa shape index (κ1) is 24.3. The Kier molecular flexibility index (Phi) is 7.66. The summed E-state index contributed by atoms with van der Waals surface area (Å²) in [5.41, 5.74) is 7.38. The van der Waals surface area contributed by atoms with Crippen LogP contribution in [0, 0.1) is 0 Å². The van der Waals surface area contributed by atoms with Gasteiger partial charge in [-0.05, 0) is 17.2 Å². The summed E-state index contributed by atoms with van der Waals surface area (Å²) in [5, 5.41) is 2.34. The van der Waals surface area contributed by atoms with E-state index in [0.717, 1.165) is 0 Å². The Labute approximate surface area is 190 Å². The molecule has 0 radical (unpaired) electrons. The molecule has 1 aromatic carbocycles. The Morgan fingerprint density at radius 1 is 1.28 bits per heavy atom. The molecule has 2 heterocycles. The van der Waals surface area contributed by atoms with Gasteiger partial charge in [0.05, 0.1) is 13.0 Å². The maximum atomic E-state index is 12.9. The van der Waals surface area contributed by atoms with Gasteiger partial charge in [-0.2, -0.15) is 0 Å². The van der Waals surface area contributed by atoms with E-state index in [1.165, 1.54) is 37.8 Å². The largest absolute Gasteiger partial charge is 0.461 e. The van der Waals surface area contributed by atoms with Gasteiger partial charge in [-0.25, -0.2) is 0 Å². The van der Waals surface area contributed by atoms with Crippen LogP contribution in [-0.2, 0) is 39.2 Å². The average Bonchev–Trinajstić information content (AvgIpc) is 2.77. The molecule has 3 N–H and O–H groups in total. The van der Waals surface area contributed by atoms with Crippen LogP contribution in [0.5, 0.6) is 0 Å². The molecule has 3 rings (SSSR count). The third-order valence-corrected chi connectivity index (χ3v) is 9.04. The Bertz CT molecular complexity index is 991. The molecule has 2 aliphatic rings. The number of nitrogens with two attached hydrogens (primary N) is 1. The highest BCUT2D eigenvalue weighted by Crippen LogP contribution is 2.61. The van der Waals surface area contributed by atoms with Crippen LogP contribution in [0.4, 0.5) is 5.69 Å². The second-order valence-electron chi connectivity index (χ2n) is 7.24. The topological polar surface area (TPSA) is 137 Å². The Morgan fingerprint density at radius 2 is 1.97 bits per heavy atom. The number of nitrogens with zero attached hydrogens (tertiary/aromatic N) is 1. The molecule has 32 heavy (non-hydrogen) atoms. The Balaban J connectivity index is 1.78. The quantitative estimate of drug-likeness (QED) is 0.232. The zero-order chi connectivity index (χ0) is 23.5. The summed E-state index contributed by atoms with van der Waals surface area (Å²) in [6.45, 7) is 1.33. The molecule has 10 nitrogen and oxygen atoms in total. The van der Waals surface area contributed by atoms with Gasteiger partial charge in [0.15, 0.2) is 5.66 Å². The Morgan fingerprint density at radius 3 is 2.59 bits per heavy atom. The molecule has 1 saturated heterocycles. The van der Waals surface area contributed by atoms with Crippen LogP contribution >= 0.6 is 19.4 Å². The monoisotopic (exact) mass is 483 g/mol. The number of anilines is 1. The standard InChI is InChI=1S/C20H26N3O7PS/c1-12(24)30-10-14-11-32-20-18(31(27,28-2)29-3)19(26)23(20)16(14)9-22-17(25)8-13-6-4-5-7-15(13)21/h4-7,18,20H,8-11,21H2,1-3H3,(H,22,25)/t18-,20-/m1/s1. The smallest absolute Gasteiger partial charge is 0.345 e. The summed E-state index contributed by atoms with van der Waals surface area (Å²) >= 11 is 1.38. The van der Waals surface area contributed by atoms with Gasteiger partial charge >= 0.3 is 13.6 Å². The number of carbonyl (C=O) groups is 3. The second kappa shape index (κ2) is 10.1. The fourth-order valence-electron chi connectivity index (χ4n) is 3.57. The molecule has 0 bridgehead atoms. The van der Waals surface area contributed by atoms with Gasteiger partial charge in [-0.1, -0.05) is 18.2 Å². The molecule has 12 heteroatoms. The van der Waals surface area contributed by atoms with Crippen molar-refractivity contribution in [3.05, 3.63) is 41.1 Å². The molecule has 2 atom stereocenters. The van der Waals surface area contributed by atoms with E-state index in [1.807, 2.05) is 0 Å². The van der Waals surface area contributed by atoms with Crippen LogP contribution < -0.4 is 11.1 Å². The number of para-hydroxylation sites is 1. The van der Waals surface area contributed by atoms with Crippen LogP contribution in [0.15, 0.2) is 35.5 Å². The Hall–Kier alpha value is -2.33. The van der Waals surface area contributed by atoms with E-state index in [9.17, 15) is 18.9 Å². The fraction of sp³-hybridized carbons (Fsp3) is 0.450. The first-order valence-electron chi connectivity index (χ1n) is 9.82. The van der Waals surface area contributed by atoms with E-state index in [0.29, 0.717) is 28.3 Å².